The molecule has 1 N–H and O–H groups in total. The van der Waals surface area contributed by atoms with E-state index in [-0.39, 0.29) is 24.4 Å². The zero-order valence-corrected chi connectivity index (χ0v) is 18.3. The summed E-state index contributed by atoms with van der Waals surface area (Å²) < 4.78 is 1.18. The van der Waals surface area contributed by atoms with Crippen LogP contribution >= 0.6 is 11.3 Å². The number of hydrogen-bond acceptors (Lipinski definition) is 5. The lowest BCUT2D eigenvalue weighted by molar-refractivity contribution is -0.133. The Balaban J connectivity index is 1.40. The number of fused-ring (bicyclic) bond motifs is 1. The highest BCUT2D eigenvalue weighted by atomic mass is 32.1. The highest BCUT2D eigenvalue weighted by Gasteiger charge is 2.32. The van der Waals surface area contributed by atoms with Crippen LogP contribution in [-0.2, 0) is 9.59 Å². The molecule has 1 saturated heterocycles. The molecular formula is C23H26N4O2S. The van der Waals surface area contributed by atoms with Crippen molar-refractivity contribution in [2.75, 3.05) is 32.5 Å². The van der Waals surface area contributed by atoms with Gasteiger partial charge in [-0.25, -0.2) is 4.98 Å². The number of rotatable bonds is 5. The molecule has 30 heavy (non-hydrogen) atoms. The standard InChI is InChI=1S/C23H26N4O2S/c1-15-6-11-18-20(13-15)30-22(25-18)16-7-9-17(10-8-16)24-21(28)14-27-12-4-5-19(27)23(29)26(2)3/h6-11,13,19H,4-5,12,14H2,1-3H3,(H,24,28)/t19-/m0/s1. The smallest absolute Gasteiger partial charge is 0.239 e. The molecule has 7 heteroatoms. The van der Waals surface area contributed by atoms with Gasteiger partial charge in [0.1, 0.15) is 5.01 Å². The van der Waals surface area contributed by atoms with Crippen molar-refractivity contribution in [1.29, 1.82) is 0 Å². The van der Waals surface area contributed by atoms with Crippen molar-refractivity contribution < 1.29 is 9.59 Å². The van der Waals surface area contributed by atoms with E-state index < -0.39 is 0 Å². The summed E-state index contributed by atoms with van der Waals surface area (Å²) in [6.45, 7) is 3.08. The van der Waals surface area contributed by atoms with Gasteiger partial charge in [-0.1, -0.05) is 6.07 Å². The molecule has 6 nitrogen and oxygen atoms in total. The van der Waals surface area contributed by atoms with Gasteiger partial charge in [0.15, 0.2) is 0 Å². The fourth-order valence-electron chi connectivity index (χ4n) is 3.83. The summed E-state index contributed by atoms with van der Waals surface area (Å²) in [6.07, 6.45) is 1.74. The molecule has 3 aromatic rings. The Morgan fingerprint density at radius 2 is 1.97 bits per heavy atom. The third kappa shape index (κ3) is 4.37. The largest absolute Gasteiger partial charge is 0.347 e. The van der Waals surface area contributed by atoms with E-state index in [9.17, 15) is 9.59 Å². The maximum Gasteiger partial charge on any atom is 0.239 e. The number of nitrogens with zero attached hydrogens (tertiary/aromatic N) is 3. The maximum atomic E-state index is 12.5. The molecule has 1 aromatic heterocycles. The van der Waals surface area contributed by atoms with E-state index in [0.29, 0.717) is 0 Å². The summed E-state index contributed by atoms with van der Waals surface area (Å²) in [5.74, 6) is -0.0349. The first-order valence-electron chi connectivity index (χ1n) is 10.1. The number of aryl methyl sites for hydroxylation is 1. The van der Waals surface area contributed by atoms with Crippen molar-refractivity contribution in [2.45, 2.75) is 25.8 Å². The minimum absolute atomic E-state index is 0.0654. The van der Waals surface area contributed by atoms with Crippen molar-refractivity contribution in [3.05, 3.63) is 48.0 Å². The van der Waals surface area contributed by atoms with Crippen LogP contribution < -0.4 is 5.32 Å². The predicted molar refractivity (Wildman–Crippen MR) is 122 cm³/mol. The zero-order valence-electron chi connectivity index (χ0n) is 17.5. The van der Waals surface area contributed by atoms with Crippen LogP contribution in [0.3, 0.4) is 0 Å². The number of nitrogens with one attached hydrogen (secondary N) is 1. The number of aromatic nitrogens is 1. The fraction of sp³-hybridized carbons (Fsp3) is 0.348. The van der Waals surface area contributed by atoms with Gasteiger partial charge in [0, 0.05) is 25.3 Å². The molecule has 2 aromatic carbocycles. The van der Waals surface area contributed by atoms with Crippen molar-refractivity contribution in [2.24, 2.45) is 0 Å². The third-order valence-electron chi connectivity index (χ3n) is 5.40. The van der Waals surface area contributed by atoms with Crippen LogP contribution in [0.4, 0.5) is 5.69 Å². The third-order valence-corrected chi connectivity index (χ3v) is 6.46. The van der Waals surface area contributed by atoms with Gasteiger partial charge in [-0.3, -0.25) is 14.5 Å². The molecule has 2 amide bonds. The first-order valence-corrected chi connectivity index (χ1v) is 10.9. The number of carbonyl (C=O) groups is 2. The normalized spacial score (nSPS) is 16.7. The van der Waals surface area contributed by atoms with E-state index in [1.165, 1.54) is 10.3 Å². The Morgan fingerprint density at radius 1 is 1.20 bits per heavy atom. The molecule has 1 aliphatic rings. The van der Waals surface area contributed by atoms with Gasteiger partial charge < -0.3 is 10.2 Å². The highest BCUT2D eigenvalue weighted by Crippen LogP contribution is 2.31. The van der Waals surface area contributed by atoms with E-state index in [0.717, 1.165) is 41.2 Å². The van der Waals surface area contributed by atoms with Crippen LogP contribution in [0.1, 0.15) is 18.4 Å². The van der Waals surface area contributed by atoms with Crippen molar-refractivity contribution in [1.82, 2.24) is 14.8 Å². The summed E-state index contributed by atoms with van der Waals surface area (Å²) >= 11 is 1.67. The molecule has 1 aliphatic heterocycles. The van der Waals surface area contributed by atoms with E-state index in [1.807, 2.05) is 35.2 Å². The first kappa shape index (κ1) is 20.5. The Labute approximate surface area is 180 Å². The van der Waals surface area contributed by atoms with Gasteiger partial charge in [0.05, 0.1) is 22.8 Å². The Morgan fingerprint density at radius 3 is 2.70 bits per heavy atom. The van der Waals surface area contributed by atoms with Crippen molar-refractivity contribution in [3.63, 3.8) is 0 Å². The second-order valence-corrected chi connectivity index (χ2v) is 9.01. The molecule has 1 atom stereocenters. The summed E-state index contributed by atoms with van der Waals surface area (Å²) in [6, 6.07) is 13.8. The van der Waals surface area contributed by atoms with Gasteiger partial charge in [-0.2, -0.15) is 0 Å². The Kier molecular flexibility index (Phi) is 5.83. The van der Waals surface area contributed by atoms with Crippen LogP contribution in [0.5, 0.6) is 0 Å². The number of anilines is 1. The quantitative estimate of drug-likeness (QED) is 0.680. The van der Waals surface area contributed by atoms with E-state index in [4.69, 9.17) is 4.98 Å². The SMILES string of the molecule is Cc1ccc2nc(-c3ccc(NC(=O)CN4CCC[C@H]4C(=O)N(C)C)cc3)sc2c1. The molecule has 0 aliphatic carbocycles. The Hall–Kier alpha value is -2.77. The number of carbonyl (C=O) groups excluding carboxylic acids is 2. The minimum Gasteiger partial charge on any atom is -0.347 e. The van der Waals surface area contributed by atoms with Crippen LogP contribution in [0.15, 0.2) is 42.5 Å². The van der Waals surface area contributed by atoms with E-state index in [1.54, 1.807) is 30.3 Å². The maximum absolute atomic E-state index is 12.5. The van der Waals surface area contributed by atoms with Gasteiger partial charge in [-0.05, 0) is 68.3 Å². The second-order valence-electron chi connectivity index (χ2n) is 7.98. The highest BCUT2D eigenvalue weighted by molar-refractivity contribution is 7.21. The summed E-state index contributed by atoms with van der Waals surface area (Å²) in [4.78, 5) is 33.1. The molecule has 0 radical (unpaired) electrons. The van der Waals surface area contributed by atoms with Crippen LogP contribution in [-0.4, -0.2) is 59.8 Å². The molecule has 4 rings (SSSR count). The molecule has 156 valence electrons. The van der Waals surface area contributed by atoms with Gasteiger partial charge in [0.25, 0.3) is 0 Å². The lowest BCUT2D eigenvalue weighted by atomic mass is 10.2. The molecule has 0 unspecified atom stereocenters. The minimum atomic E-state index is -0.198. The molecule has 0 spiro atoms. The van der Waals surface area contributed by atoms with Gasteiger partial charge in [-0.15, -0.1) is 11.3 Å². The number of amides is 2. The average Bonchev–Trinajstić information content (AvgIpc) is 3.34. The summed E-state index contributed by atoms with van der Waals surface area (Å²) in [7, 11) is 3.51. The van der Waals surface area contributed by atoms with E-state index >= 15 is 0 Å². The van der Waals surface area contributed by atoms with Crippen molar-refractivity contribution >= 4 is 39.1 Å². The lowest BCUT2D eigenvalue weighted by Crippen LogP contribution is -2.45. The van der Waals surface area contributed by atoms with Crippen LogP contribution in [0.2, 0.25) is 0 Å². The summed E-state index contributed by atoms with van der Waals surface area (Å²) in [5, 5.41) is 3.92. The van der Waals surface area contributed by atoms with Crippen molar-refractivity contribution in [3.8, 4) is 10.6 Å². The molecule has 0 bridgehead atoms. The average molecular weight is 423 g/mol. The number of thiazole rings is 1. The lowest BCUT2D eigenvalue weighted by Gasteiger charge is -2.25. The zero-order chi connectivity index (χ0) is 21.3. The van der Waals surface area contributed by atoms with E-state index in [2.05, 4.69) is 24.4 Å². The summed E-state index contributed by atoms with van der Waals surface area (Å²) in [5.41, 5.74) is 4.01. The number of benzene rings is 2. The molecule has 2 heterocycles. The van der Waals surface area contributed by atoms with Gasteiger partial charge >= 0.3 is 0 Å². The van der Waals surface area contributed by atoms with Crippen LogP contribution in [0.25, 0.3) is 20.8 Å². The Bertz CT molecular complexity index is 1070. The molecule has 1 fully saturated rings. The first-order chi connectivity index (χ1) is 14.4. The predicted octanol–water partition coefficient (Wildman–Crippen LogP) is 3.76. The number of likely N-dealkylation sites (N-methyl/N-ethyl adjacent to an activating group) is 1. The molecule has 0 saturated carbocycles. The second kappa shape index (κ2) is 8.53. The fourth-order valence-corrected chi connectivity index (χ4v) is 4.90. The number of hydrogen-bond donors (Lipinski definition) is 1. The monoisotopic (exact) mass is 422 g/mol. The molecular weight excluding hydrogens is 396 g/mol. The van der Waals surface area contributed by atoms with Gasteiger partial charge in [0.2, 0.25) is 11.8 Å². The van der Waals surface area contributed by atoms with Crippen LogP contribution in [0, 0.1) is 6.92 Å². The topological polar surface area (TPSA) is 65.5 Å². The number of likely N-dealkylation sites (tertiary alicyclic amines) is 1.